The van der Waals surface area contributed by atoms with Crippen molar-refractivity contribution in [1.82, 2.24) is 9.88 Å². The van der Waals surface area contributed by atoms with Crippen LogP contribution in [0.4, 0.5) is 0 Å². The molecule has 1 fully saturated rings. The number of fused-ring (bicyclic) bond motifs is 1. The lowest BCUT2D eigenvalue weighted by Gasteiger charge is -2.26. The minimum absolute atomic E-state index is 0.0330. The van der Waals surface area contributed by atoms with E-state index in [9.17, 15) is 14.7 Å². The molecule has 0 unspecified atom stereocenters. The minimum atomic E-state index is -1.11. The number of phenols is 1. The molecule has 0 spiro atoms. The fraction of sp³-hybridized carbons (Fsp3) is 0.267. The second-order valence-corrected chi connectivity index (χ2v) is 4.93. The summed E-state index contributed by atoms with van der Waals surface area (Å²) >= 11 is 0. The number of ether oxygens (including phenoxy) is 1. The van der Waals surface area contributed by atoms with E-state index >= 15 is 0 Å². The number of aromatic nitrogens is 1. The van der Waals surface area contributed by atoms with Gasteiger partial charge in [0, 0.05) is 18.5 Å². The summed E-state index contributed by atoms with van der Waals surface area (Å²) in [6.07, 6.45) is 0. The monoisotopic (exact) mass is 302 g/mol. The number of phenolic OH excluding ortho intramolecular Hbond substituents is 1. The van der Waals surface area contributed by atoms with Crippen molar-refractivity contribution in [2.45, 2.75) is 0 Å². The van der Waals surface area contributed by atoms with Crippen LogP contribution in [-0.4, -0.2) is 58.3 Å². The quantitative estimate of drug-likeness (QED) is 0.862. The van der Waals surface area contributed by atoms with Crippen molar-refractivity contribution < 1.29 is 24.5 Å². The molecule has 0 radical (unpaired) electrons. The average molecular weight is 302 g/mol. The molecule has 1 saturated heterocycles. The Hall–Kier alpha value is -2.67. The van der Waals surface area contributed by atoms with Gasteiger partial charge in [-0.15, -0.1) is 0 Å². The summed E-state index contributed by atoms with van der Waals surface area (Å²) < 4.78 is 5.20. The summed E-state index contributed by atoms with van der Waals surface area (Å²) in [4.78, 5) is 29.3. The van der Waals surface area contributed by atoms with Crippen LogP contribution in [-0.2, 0) is 4.74 Å². The number of hydrogen-bond donors (Lipinski definition) is 2. The lowest BCUT2D eigenvalue weighted by molar-refractivity contribution is 0.0299. The Morgan fingerprint density at radius 2 is 1.86 bits per heavy atom. The van der Waals surface area contributed by atoms with Crippen molar-refractivity contribution in [3.63, 3.8) is 0 Å². The molecule has 0 atom stereocenters. The Balaban J connectivity index is 2.04. The zero-order valence-electron chi connectivity index (χ0n) is 11.7. The van der Waals surface area contributed by atoms with E-state index in [0.717, 1.165) is 0 Å². The van der Waals surface area contributed by atoms with Gasteiger partial charge in [0.15, 0.2) is 0 Å². The molecule has 1 amide bonds. The fourth-order valence-corrected chi connectivity index (χ4v) is 2.44. The third kappa shape index (κ3) is 2.46. The first-order valence-corrected chi connectivity index (χ1v) is 6.81. The van der Waals surface area contributed by atoms with Crippen LogP contribution in [0.25, 0.3) is 10.9 Å². The fourth-order valence-electron chi connectivity index (χ4n) is 2.44. The normalized spacial score (nSPS) is 15.0. The molecule has 22 heavy (non-hydrogen) atoms. The molecule has 0 bridgehead atoms. The number of hydrogen-bond acceptors (Lipinski definition) is 5. The van der Waals surface area contributed by atoms with Crippen LogP contribution in [0.15, 0.2) is 24.3 Å². The summed E-state index contributed by atoms with van der Waals surface area (Å²) in [5.74, 6) is -1.53. The lowest BCUT2D eigenvalue weighted by Crippen LogP contribution is -2.41. The third-order valence-corrected chi connectivity index (χ3v) is 3.58. The van der Waals surface area contributed by atoms with E-state index in [4.69, 9.17) is 9.84 Å². The average Bonchev–Trinajstić information content (AvgIpc) is 2.55. The lowest BCUT2D eigenvalue weighted by atomic mass is 10.1. The second kappa shape index (κ2) is 5.61. The third-order valence-electron chi connectivity index (χ3n) is 3.58. The molecule has 2 aromatic rings. The molecule has 0 aliphatic carbocycles. The number of carboxylic acid groups (broad SMARTS) is 1. The predicted octanol–water partition coefficient (Wildman–Crippen LogP) is 1.11. The zero-order chi connectivity index (χ0) is 15.7. The summed E-state index contributed by atoms with van der Waals surface area (Å²) in [5.41, 5.74) is 0.317. The first kappa shape index (κ1) is 14.3. The molecule has 1 aliphatic heterocycles. The maximum absolute atomic E-state index is 12.4. The van der Waals surface area contributed by atoms with Crippen molar-refractivity contribution in [3.8, 4) is 5.75 Å². The molecule has 2 heterocycles. The van der Waals surface area contributed by atoms with Crippen LogP contribution in [0, 0.1) is 0 Å². The standard InChI is InChI=1S/C15H14N2O5/c18-12-4-2-10(15(20)21)9-1-3-11(16-13(9)12)14(19)17-5-7-22-8-6-17/h1-4,18H,5-8H2,(H,20,21). The zero-order valence-corrected chi connectivity index (χ0v) is 11.7. The van der Waals surface area contributed by atoms with Crippen LogP contribution in [0.3, 0.4) is 0 Å². The smallest absolute Gasteiger partial charge is 0.336 e. The van der Waals surface area contributed by atoms with Crippen molar-refractivity contribution in [1.29, 1.82) is 0 Å². The predicted molar refractivity (Wildman–Crippen MR) is 77.1 cm³/mol. The van der Waals surface area contributed by atoms with Gasteiger partial charge in [0.05, 0.1) is 18.8 Å². The van der Waals surface area contributed by atoms with E-state index in [1.807, 2.05) is 0 Å². The number of nitrogens with zero attached hydrogens (tertiary/aromatic N) is 2. The number of carbonyl (C=O) groups is 2. The number of aromatic carboxylic acids is 1. The highest BCUT2D eigenvalue weighted by atomic mass is 16.5. The Labute approximate surface area is 125 Å². The Kier molecular flexibility index (Phi) is 3.64. The molecular weight excluding hydrogens is 288 g/mol. The van der Waals surface area contributed by atoms with Crippen LogP contribution < -0.4 is 0 Å². The van der Waals surface area contributed by atoms with E-state index in [-0.39, 0.29) is 28.4 Å². The maximum Gasteiger partial charge on any atom is 0.336 e. The van der Waals surface area contributed by atoms with Crippen LogP contribution in [0.5, 0.6) is 5.75 Å². The molecule has 114 valence electrons. The number of aromatic hydroxyl groups is 1. The number of carbonyl (C=O) groups excluding carboxylic acids is 1. The van der Waals surface area contributed by atoms with Crippen molar-refractivity contribution in [3.05, 3.63) is 35.5 Å². The highest BCUT2D eigenvalue weighted by Gasteiger charge is 2.21. The Morgan fingerprint density at radius 1 is 1.14 bits per heavy atom. The van der Waals surface area contributed by atoms with Crippen molar-refractivity contribution >= 4 is 22.8 Å². The first-order chi connectivity index (χ1) is 10.6. The number of amides is 1. The Bertz CT molecular complexity index is 753. The van der Waals surface area contributed by atoms with E-state index in [1.165, 1.54) is 24.3 Å². The number of rotatable bonds is 2. The molecule has 7 heteroatoms. The van der Waals surface area contributed by atoms with Gasteiger partial charge >= 0.3 is 5.97 Å². The van der Waals surface area contributed by atoms with Gasteiger partial charge in [0.25, 0.3) is 5.91 Å². The van der Waals surface area contributed by atoms with Gasteiger partial charge in [-0.05, 0) is 24.3 Å². The van der Waals surface area contributed by atoms with Gasteiger partial charge in [-0.2, -0.15) is 0 Å². The second-order valence-electron chi connectivity index (χ2n) is 4.93. The molecule has 1 aromatic heterocycles. The maximum atomic E-state index is 12.4. The van der Waals surface area contributed by atoms with E-state index < -0.39 is 5.97 Å². The summed E-state index contributed by atoms with van der Waals surface area (Å²) in [7, 11) is 0. The van der Waals surface area contributed by atoms with Gasteiger partial charge < -0.3 is 19.8 Å². The number of morpholine rings is 1. The summed E-state index contributed by atoms with van der Waals surface area (Å²) in [5, 5.41) is 19.3. The number of carboxylic acids is 1. The van der Waals surface area contributed by atoms with Gasteiger partial charge in [-0.1, -0.05) is 0 Å². The number of pyridine rings is 1. The SMILES string of the molecule is O=C(O)c1ccc(O)c2nc(C(=O)N3CCOCC3)ccc12. The van der Waals surface area contributed by atoms with Gasteiger partial charge in [0.2, 0.25) is 0 Å². The number of benzene rings is 1. The van der Waals surface area contributed by atoms with E-state index in [2.05, 4.69) is 4.98 Å². The molecule has 3 rings (SSSR count). The summed E-state index contributed by atoms with van der Waals surface area (Å²) in [6.45, 7) is 1.93. The van der Waals surface area contributed by atoms with Crippen molar-refractivity contribution in [2.24, 2.45) is 0 Å². The molecule has 1 aliphatic rings. The molecule has 7 nitrogen and oxygen atoms in total. The van der Waals surface area contributed by atoms with Crippen LogP contribution in [0.2, 0.25) is 0 Å². The largest absolute Gasteiger partial charge is 0.506 e. The summed E-state index contributed by atoms with van der Waals surface area (Å²) in [6, 6.07) is 5.55. The highest BCUT2D eigenvalue weighted by Crippen LogP contribution is 2.26. The Morgan fingerprint density at radius 3 is 2.55 bits per heavy atom. The van der Waals surface area contributed by atoms with Crippen molar-refractivity contribution in [2.75, 3.05) is 26.3 Å². The van der Waals surface area contributed by atoms with Gasteiger partial charge in [0.1, 0.15) is 17.0 Å². The van der Waals surface area contributed by atoms with Crippen LogP contribution in [0.1, 0.15) is 20.8 Å². The first-order valence-electron chi connectivity index (χ1n) is 6.81. The van der Waals surface area contributed by atoms with Crippen LogP contribution >= 0.6 is 0 Å². The molecule has 0 saturated carbocycles. The highest BCUT2D eigenvalue weighted by molar-refractivity contribution is 6.05. The van der Waals surface area contributed by atoms with Gasteiger partial charge in [-0.3, -0.25) is 4.79 Å². The molecule has 1 aromatic carbocycles. The molecular formula is C15H14N2O5. The van der Waals surface area contributed by atoms with Gasteiger partial charge in [-0.25, -0.2) is 9.78 Å². The topological polar surface area (TPSA) is 100.0 Å². The van der Waals surface area contributed by atoms with E-state index in [1.54, 1.807) is 4.90 Å². The minimum Gasteiger partial charge on any atom is -0.506 e. The van der Waals surface area contributed by atoms with E-state index in [0.29, 0.717) is 31.7 Å². The molecule has 2 N–H and O–H groups in total.